The van der Waals surface area contributed by atoms with Crippen LogP contribution in [0, 0.1) is 30.9 Å². The van der Waals surface area contributed by atoms with Crippen LogP contribution in [0.4, 0.5) is 25.8 Å². The van der Waals surface area contributed by atoms with Crippen LogP contribution in [0.15, 0.2) is 276 Å². The van der Waals surface area contributed by atoms with Gasteiger partial charge in [0.15, 0.2) is 0 Å². The summed E-state index contributed by atoms with van der Waals surface area (Å²) in [6.07, 6.45) is 4.10. The average Bonchev–Trinajstić information content (AvgIpc) is 3.50. The number of halogens is 2. The van der Waals surface area contributed by atoms with Crippen molar-refractivity contribution in [3.8, 4) is 0 Å². The van der Waals surface area contributed by atoms with Gasteiger partial charge in [0.25, 0.3) is 0 Å². The van der Waals surface area contributed by atoms with Crippen molar-refractivity contribution >= 4 is 83.4 Å². The molecule has 1 aromatic heterocycles. The Hall–Kier alpha value is -10.5. The van der Waals surface area contributed by atoms with Gasteiger partial charge in [0, 0.05) is 62.8 Å². The van der Waals surface area contributed by atoms with E-state index in [1.165, 1.54) is 40.4 Å². The highest BCUT2D eigenvalue weighted by Gasteiger charge is 2.09. The van der Waals surface area contributed by atoms with Crippen LogP contribution in [0.1, 0.15) is 38.9 Å². The number of amidine groups is 3. The molecule has 0 amide bonds. The molecule has 0 spiro atoms. The zero-order valence-electron chi connectivity index (χ0n) is 44.3. The maximum absolute atomic E-state index is 13.5. The number of nitrogens with one attached hydrogen (secondary N) is 1. The number of aryl methyl sites for hydroxylation is 2. The molecule has 7 N–H and O–H groups in total. The van der Waals surface area contributed by atoms with Crippen LogP contribution in [0.5, 0.6) is 0 Å². The summed E-state index contributed by atoms with van der Waals surface area (Å²) in [5.74, 6) is 0.783. The molecule has 0 bridgehead atoms. The van der Waals surface area contributed by atoms with Gasteiger partial charge in [0.1, 0.15) is 29.1 Å². The molecule has 0 aliphatic rings. The Morgan fingerprint density at radius 3 is 1.32 bits per heavy atom. The molecule has 0 radical (unpaired) electrons. The summed E-state index contributed by atoms with van der Waals surface area (Å²) >= 11 is 0. The first-order chi connectivity index (χ1) is 38.9. The van der Waals surface area contributed by atoms with E-state index in [0.29, 0.717) is 40.8 Å². The number of benzene rings is 11. The van der Waals surface area contributed by atoms with Crippen LogP contribution in [-0.2, 0) is 6.42 Å². The Balaban J connectivity index is 0.000000129. The maximum Gasteiger partial charge on any atom is 0.131 e. The molecule has 392 valence electrons. The Labute approximate surface area is 464 Å². The van der Waals surface area contributed by atoms with Crippen LogP contribution in [0.3, 0.4) is 0 Å². The van der Waals surface area contributed by atoms with Crippen LogP contribution in [-0.4, -0.2) is 28.2 Å². The molecule has 80 heavy (non-hydrogen) atoms. The third-order valence-corrected chi connectivity index (χ3v) is 13.0. The maximum atomic E-state index is 13.5. The van der Waals surface area contributed by atoms with Crippen molar-refractivity contribution in [1.82, 2.24) is 4.98 Å². The lowest BCUT2D eigenvalue weighted by Gasteiger charge is -2.07. The molecule has 10 heteroatoms. The molecular formula is C70H58F2N8. The van der Waals surface area contributed by atoms with Crippen LogP contribution < -0.4 is 17.2 Å². The fraction of sp³-hybridized carbons (Fsp3) is 0.0429. The number of aromatic nitrogens is 1. The number of hydrogen-bond acceptors (Lipinski definition) is 5. The molecule has 0 atom stereocenters. The van der Waals surface area contributed by atoms with Gasteiger partial charge in [-0.25, -0.2) is 23.8 Å². The smallest absolute Gasteiger partial charge is 0.131 e. The number of nitrogens with two attached hydrogens (primary N) is 3. The summed E-state index contributed by atoms with van der Waals surface area (Å²) in [7, 11) is 0. The Kier molecular flexibility index (Phi) is 17.7. The minimum Gasteiger partial charge on any atom is -0.383 e. The van der Waals surface area contributed by atoms with Crippen molar-refractivity contribution < 1.29 is 8.78 Å². The summed E-state index contributed by atoms with van der Waals surface area (Å²) in [4.78, 5) is 17.7. The Morgan fingerprint density at radius 2 is 0.800 bits per heavy atom. The van der Waals surface area contributed by atoms with E-state index in [0.717, 1.165) is 71.8 Å². The molecule has 12 aromatic rings. The van der Waals surface area contributed by atoms with Gasteiger partial charge in [-0.2, -0.15) is 0 Å². The molecule has 0 saturated heterocycles. The van der Waals surface area contributed by atoms with Crippen molar-refractivity contribution in [2.75, 3.05) is 0 Å². The number of aliphatic imine (C=N–C) groups is 3. The normalized spacial score (nSPS) is 11.5. The van der Waals surface area contributed by atoms with Gasteiger partial charge in [-0.15, -0.1) is 0 Å². The van der Waals surface area contributed by atoms with Crippen molar-refractivity contribution in [3.05, 3.63) is 312 Å². The highest BCUT2D eigenvalue weighted by atomic mass is 19.1. The van der Waals surface area contributed by atoms with Crippen LogP contribution in [0.25, 0.3) is 43.1 Å². The minimum atomic E-state index is -0.305. The predicted molar refractivity (Wildman–Crippen MR) is 330 cm³/mol. The summed E-state index contributed by atoms with van der Waals surface area (Å²) in [6.45, 7) is 3.67. The van der Waals surface area contributed by atoms with E-state index in [-0.39, 0.29) is 11.6 Å². The molecule has 0 aliphatic heterocycles. The first kappa shape index (κ1) is 54.3. The van der Waals surface area contributed by atoms with Crippen LogP contribution >= 0.6 is 0 Å². The summed E-state index contributed by atoms with van der Waals surface area (Å²) in [6, 6.07) is 79.3. The third kappa shape index (κ3) is 14.3. The molecule has 8 nitrogen and oxygen atoms in total. The molecule has 0 fully saturated rings. The van der Waals surface area contributed by atoms with E-state index < -0.39 is 0 Å². The van der Waals surface area contributed by atoms with Gasteiger partial charge in [-0.05, 0) is 112 Å². The van der Waals surface area contributed by atoms with Crippen molar-refractivity contribution in [1.29, 1.82) is 5.41 Å². The van der Waals surface area contributed by atoms with Gasteiger partial charge in [0.05, 0.1) is 17.1 Å². The summed E-state index contributed by atoms with van der Waals surface area (Å²) in [5.41, 5.74) is 27.0. The molecule has 0 unspecified atom stereocenters. The van der Waals surface area contributed by atoms with E-state index >= 15 is 0 Å². The first-order valence-electron chi connectivity index (χ1n) is 26.0. The summed E-state index contributed by atoms with van der Waals surface area (Å²) in [5, 5.41) is 17.1. The molecule has 0 aliphatic carbocycles. The molecule has 12 rings (SSSR count). The van der Waals surface area contributed by atoms with Gasteiger partial charge < -0.3 is 22.6 Å². The second-order valence-electron chi connectivity index (χ2n) is 19.0. The highest BCUT2D eigenvalue weighted by Crippen LogP contribution is 2.29. The van der Waals surface area contributed by atoms with E-state index in [1.807, 2.05) is 202 Å². The zero-order valence-corrected chi connectivity index (χ0v) is 44.3. The number of fused-ring (bicyclic) bond motifs is 4. The number of pyridine rings is 1. The van der Waals surface area contributed by atoms with E-state index in [1.54, 1.807) is 6.20 Å². The molecule has 11 aromatic carbocycles. The Morgan fingerprint density at radius 1 is 0.388 bits per heavy atom. The predicted octanol–water partition coefficient (Wildman–Crippen LogP) is 16.4. The lowest BCUT2D eigenvalue weighted by atomic mass is 9.98. The number of hydrogen-bond donors (Lipinski definition) is 4. The van der Waals surface area contributed by atoms with E-state index in [2.05, 4.69) is 62.4 Å². The number of nitrogens with zero attached hydrogens (tertiary/aromatic N) is 4. The first-order valence-corrected chi connectivity index (χ1v) is 26.0. The zero-order chi connectivity index (χ0) is 55.8. The fourth-order valence-electron chi connectivity index (χ4n) is 9.07. The summed E-state index contributed by atoms with van der Waals surface area (Å²) < 4.78 is 26.9. The van der Waals surface area contributed by atoms with Gasteiger partial charge in [-0.1, -0.05) is 194 Å². The second kappa shape index (κ2) is 26.1. The van der Waals surface area contributed by atoms with E-state index in [4.69, 9.17) is 22.6 Å². The third-order valence-electron chi connectivity index (χ3n) is 13.0. The number of rotatable bonds is 9. The Bertz CT molecular complexity index is 4030. The van der Waals surface area contributed by atoms with Crippen molar-refractivity contribution in [2.45, 2.75) is 20.3 Å². The average molecular weight is 1050 g/mol. The second-order valence-corrected chi connectivity index (χ2v) is 19.0. The fourth-order valence-corrected chi connectivity index (χ4v) is 9.07. The minimum absolute atomic E-state index is 0.284. The lowest BCUT2D eigenvalue weighted by molar-refractivity contribution is 0.626. The quantitative estimate of drug-likeness (QED) is 0.0840. The SMILES string of the molecule is Cc1cc(F)cc(C(=N)Cc2ccc3ccccc3c2)c1.Cc1cc(F)cc(C(N)=Nc2cccc3ccccc23)c1.NC(=Nc1cccc2ccccc12)c1ccccc1.NC(=Nc1cccc2cnccc12)c1ccccc1. The van der Waals surface area contributed by atoms with Gasteiger partial charge >= 0.3 is 0 Å². The van der Waals surface area contributed by atoms with Crippen LogP contribution in [0.2, 0.25) is 0 Å². The van der Waals surface area contributed by atoms with Crippen molar-refractivity contribution in [3.63, 3.8) is 0 Å². The van der Waals surface area contributed by atoms with E-state index in [9.17, 15) is 8.78 Å². The standard InChI is InChI=1S/C19H16FN.C18H15FN2.C17H14N2.C16H13N3/c1-13-8-17(12-18(20)9-13)19(21)11-14-6-7-15-4-2-3-5-16(15)10-14;1-12-9-14(11-15(19)10-12)18(20)21-17-8-4-6-13-5-2-3-7-16(13)17;18-17(14-8-2-1-3-9-14)19-16-12-6-10-13-7-4-5-11-15(13)16;17-16(12-5-2-1-3-6-12)19-15-8-4-7-13-11-18-10-9-14(13)15/h2-10,12,21H,11H2,1H3;2-11H,1H3,(H2,20,21);1-12H,(H2,18,19);1-11H,(H2,17,19). The van der Waals surface area contributed by atoms with Gasteiger partial charge in [0.2, 0.25) is 0 Å². The molecule has 1 heterocycles. The highest BCUT2D eigenvalue weighted by molar-refractivity contribution is 6.05. The molecule has 0 saturated carbocycles. The molecular weight excluding hydrogens is 991 g/mol. The lowest BCUT2D eigenvalue weighted by Crippen LogP contribution is -2.13. The van der Waals surface area contributed by atoms with Crippen molar-refractivity contribution in [2.24, 2.45) is 32.2 Å². The van der Waals surface area contributed by atoms with Gasteiger partial charge in [-0.3, -0.25) is 4.98 Å². The monoisotopic (exact) mass is 1050 g/mol. The largest absolute Gasteiger partial charge is 0.383 e. The topological polar surface area (TPSA) is 152 Å².